The van der Waals surface area contributed by atoms with Gasteiger partial charge in [-0.05, 0) is 31.2 Å². The van der Waals surface area contributed by atoms with Crippen molar-refractivity contribution in [2.24, 2.45) is 17.8 Å². The van der Waals surface area contributed by atoms with E-state index < -0.39 is 0 Å². The highest BCUT2D eigenvalue weighted by atomic mass is 16.5. The van der Waals surface area contributed by atoms with Crippen LogP contribution >= 0.6 is 0 Å². The Hall–Kier alpha value is -0.570. The van der Waals surface area contributed by atoms with Crippen molar-refractivity contribution < 1.29 is 9.53 Å². The number of nitrogens with one attached hydrogen (secondary N) is 1. The SMILES string of the molecule is COC(=O)C(CNCC1CCCCC1)C(C)C. The molecule has 0 aromatic rings. The second-order valence-electron chi connectivity index (χ2n) is 5.54. The van der Waals surface area contributed by atoms with Crippen molar-refractivity contribution >= 4 is 5.97 Å². The molecule has 3 nitrogen and oxygen atoms in total. The number of carbonyl (C=O) groups is 1. The van der Waals surface area contributed by atoms with Crippen LogP contribution in [0.4, 0.5) is 0 Å². The van der Waals surface area contributed by atoms with Gasteiger partial charge in [0.05, 0.1) is 13.0 Å². The Morgan fingerprint density at radius 3 is 2.47 bits per heavy atom. The molecule has 1 unspecified atom stereocenters. The van der Waals surface area contributed by atoms with Crippen molar-refractivity contribution in [2.75, 3.05) is 20.2 Å². The molecule has 1 saturated carbocycles. The first-order valence-corrected chi connectivity index (χ1v) is 6.93. The number of esters is 1. The third kappa shape index (κ3) is 5.07. The topological polar surface area (TPSA) is 38.3 Å². The summed E-state index contributed by atoms with van der Waals surface area (Å²) in [6.07, 6.45) is 6.83. The third-order valence-corrected chi connectivity index (χ3v) is 3.83. The summed E-state index contributed by atoms with van der Waals surface area (Å²) in [6, 6.07) is 0. The fraction of sp³-hybridized carbons (Fsp3) is 0.929. The zero-order valence-electron chi connectivity index (χ0n) is 11.5. The molecule has 0 amide bonds. The molecule has 3 heteroatoms. The highest BCUT2D eigenvalue weighted by Crippen LogP contribution is 2.23. The Morgan fingerprint density at radius 1 is 1.29 bits per heavy atom. The Labute approximate surface area is 105 Å². The van der Waals surface area contributed by atoms with Gasteiger partial charge in [0.2, 0.25) is 0 Å². The van der Waals surface area contributed by atoms with Crippen LogP contribution in [0.2, 0.25) is 0 Å². The molecule has 17 heavy (non-hydrogen) atoms. The molecule has 0 aliphatic heterocycles. The molecule has 1 fully saturated rings. The summed E-state index contributed by atoms with van der Waals surface area (Å²) < 4.78 is 4.84. The lowest BCUT2D eigenvalue weighted by atomic mass is 9.89. The van der Waals surface area contributed by atoms with Crippen LogP contribution in [0.5, 0.6) is 0 Å². The van der Waals surface area contributed by atoms with Gasteiger partial charge in [0, 0.05) is 6.54 Å². The Bertz CT molecular complexity index is 222. The predicted octanol–water partition coefficient (Wildman–Crippen LogP) is 2.60. The normalized spacial score (nSPS) is 19.3. The van der Waals surface area contributed by atoms with Crippen molar-refractivity contribution in [3.05, 3.63) is 0 Å². The van der Waals surface area contributed by atoms with Gasteiger partial charge in [0.15, 0.2) is 0 Å². The molecule has 0 aromatic heterocycles. The number of hydrogen-bond acceptors (Lipinski definition) is 3. The highest BCUT2D eigenvalue weighted by Gasteiger charge is 2.23. The van der Waals surface area contributed by atoms with Crippen LogP contribution in [0.25, 0.3) is 0 Å². The molecule has 0 saturated heterocycles. The van der Waals surface area contributed by atoms with Crippen LogP contribution in [0.15, 0.2) is 0 Å². The molecule has 1 N–H and O–H groups in total. The predicted molar refractivity (Wildman–Crippen MR) is 69.8 cm³/mol. The largest absolute Gasteiger partial charge is 0.469 e. The van der Waals surface area contributed by atoms with E-state index in [0.29, 0.717) is 5.92 Å². The summed E-state index contributed by atoms with van der Waals surface area (Å²) in [7, 11) is 1.47. The second kappa shape index (κ2) is 7.70. The molecule has 1 aliphatic rings. The summed E-state index contributed by atoms with van der Waals surface area (Å²) in [4.78, 5) is 11.6. The zero-order valence-corrected chi connectivity index (χ0v) is 11.5. The minimum Gasteiger partial charge on any atom is -0.469 e. The number of carbonyl (C=O) groups excluding carboxylic acids is 1. The van der Waals surface area contributed by atoms with Crippen molar-refractivity contribution in [1.29, 1.82) is 0 Å². The van der Waals surface area contributed by atoms with Crippen LogP contribution in [-0.4, -0.2) is 26.2 Å². The van der Waals surface area contributed by atoms with Gasteiger partial charge in [0.25, 0.3) is 0 Å². The van der Waals surface area contributed by atoms with E-state index in [1.807, 2.05) is 0 Å². The van der Waals surface area contributed by atoms with Crippen molar-refractivity contribution in [3.8, 4) is 0 Å². The minimum atomic E-state index is -0.0869. The molecule has 0 bridgehead atoms. The molecule has 1 rings (SSSR count). The van der Waals surface area contributed by atoms with E-state index in [1.54, 1.807) is 0 Å². The lowest BCUT2D eigenvalue weighted by Crippen LogP contribution is -2.35. The maximum Gasteiger partial charge on any atom is 0.310 e. The average Bonchev–Trinajstić information content (AvgIpc) is 2.34. The Kier molecular flexibility index (Phi) is 6.56. The van der Waals surface area contributed by atoms with Gasteiger partial charge in [-0.25, -0.2) is 0 Å². The van der Waals surface area contributed by atoms with Crippen molar-refractivity contribution in [2.45, 2.75) is 46.0 Å². The fourth-order valence-corrected chi connectivity index (χ4v) is 2.58. The molecule has 0 radical (unpaired) electrons. The fourth-order valence-electron chi connectivity index (χ4n) is 2.58. The molecular formula is C14H27NO2. The van der Waals surface area contributed by atoms with E-state index in [-0.39, 0.29) is 11.9 Å². The van der Waals surface area contributed by atoms with E-state index in [9.17, 15) is 4.79 Å². The standard InChI is InChI=1S/C14H27NO2/c1-11(2)13(14(16)17-3)10-15-9-12-7-5-4-6-8-12/h11-13,15H,4-10H2,1-3H3. The number of hydrogen-bond donors (Lipinski definition) is 1. The van der Waals surface area contributed by atoms with Crippen LogP contribution < -0.4 is 5.32 Å². The first-order chi connectivity index (χ1) is 8.15. The Morgan fingerprint density at radius 2 is 1.94 bits per heavy atom. The quantitative estimate of drug-likeness (QED) is 0.726. The summed E-state index contributed by atoms with van der Waals surface area (Å²) in [5.41, 5.74) is 0. The minimum absolute atomic E-state index is 0.0106. The van der Waals surface area contributed by atoms with Gasteiger partial charge < -0.3 is 10.1 Å². The summed E-state index contributed by atoms with van der Waals surface area (Å²) in [5.74, 6) is 1.05. The van der Waals surface area contributed by atoms with Crippen LogP contribution in [-0.2, 0) is 9.53 Å². The zero-order chi connectivity index (χ0) is 12.7. The van der Waals surface area contributed by atoms with Crippen LogP contribution in [0.3, 0.4) is 0 Å². The number of rotatable bonds is 6. The van der Waals surface area contributed by atoms with E-state index in [2.05, 4.69) is 19.2 Å². The van der Waals surface area contributed by atoms with Gasteiger partial charge in [-0.1, -0.05) is 33.1 Å². The molecule has 100 valence electrons. The maximum absolute atomic E-state index is 11.6. The van der Waals surface area contributed by atoms with Gasteiger partial charge >= 0.3 is 5.97 Å². The highest BCUT2D eigenvalue weighted by molar-refractivity contribution is 5.72. The van der Waals surface area contributed by atoms with Gasteiger partial charge in [-0.15, -0.1) is 0 Å². The van der Waals surface area contributed by atoms with Gasteiger partial charge in [-0.3, -0.25) is 4.79 Å². The van der Waals surface area contributed by atoms with Gasteiger partial charge in [0.1, 0.15) is 0 Å². The first kappa shape index (κ1) is 14.5. The lowest BCUT2D eigenvalue weighted by molar-refractivity contribution is -0.146. The van der Waals surface area contributed by atoms with Crippen LogP contribution in [0, 0.1) is 17.8 Å². The maximum atomic E-state index is 11.6. The molecule has 0 aromatic carbocycles. The third-order valence-electron chi connectivity index (χ3n) is 3.83. The van der Waals surface area contributed by atoms with Gasteiger partial charge in [-0.2, -0.15) is 0 Å². The van der Waals surface area contributed by atoms with E-state index in [0.717, 1.165) is 19.0 Å². The first-order valence-electron chi connectivity index (χ1n) is 6.93. The van der Waals surface area contributed by atoms with Crippen molar-refractivity contribution in [1.82, 2.24) is 5.32 Å². The average molecular weight is 241 g/mol. The van der Waals surface area contributed by atoms with E-state index in [4.69, 9.17) is 4.74 Å². The van der Waals surface area contributed by atoms with E-state index in [1.165, 1.54) is 39.2 Å². The molecule has 1 aliphatic carbocycles. The lowest BCUT2D eigenvalue weighted by Gasteiger charge is -2.24. The molecule has 1 atom stereocenters. The summed E-state index contributed by atoms with van der Waals surface area (Å²) in [6.45, 7) is 5.95. The second-order valence-corrected chi connectivity index (χ2v) is 5.54. The van der Waals surface area contributed by atoms with Crippen molar-refractivity contribution in [3.63, 3.8) is 0 Å². The Balaban J connectivity index is 2.24. The molecular weight excluding hydrogens is 214 g/mol. The summed E-state index contributed by atoms with van der Waals surface area (Å²) in [5, 5.41) is 3.45. The van der Waals surface area contributed by atoms with E-state index >= 15 is 0 Å². The number of methoxy groups -OCH3 is 1. The smallest absolute Gasteiger partial charge is 0.310 e. The number of ether oxygens (including phenoxy) is 1. The summed E-state index contributed by atoms with van der Waals surface area (Å²) >= 11 is 0. The monoisotopic (exact) mass is 241 g/mol. The van der Waals surface area contributed by atoms with Crippen LogP contribution in [0.1, 0.15) is 46.0 Å². The molecule has 0 spiro atoms. The molecule has 0 heterocycles.